The van der Waals surface area contributed by atoms with Crippen molar-refractivity contribution in [3.63, 3.8) is 0 Å². The first kappa shape index (κ1) is 13.6. The summed E-state index contributed by atoms with van der Waals surface area (Å²) in [5, 5.41) is 9.14. The average molecular weight is 269 g/mol. The van der Waals surface area contributed by atoms with Crippen LogP contribution in [0.3, 0.4) is 0 Å². The molecule has 0 bridgehead atoms. The first-order chi connectivity index (χ1) is 9.58. The molecule has 5 nitrogen and oxygen atoms in total. The van der Waals surface area contributed by atoms with Crippen LogP contribution in [0.15, 0.2) is 59.6 Å². The predicted molar refractivity (Wildman–Crippen MR) is 78.1 cm³/mol. The van der Waals surface area contributed by atoms with Crippen LogP contribution in [-0.4, -0.2) is 17.0 Å². The van der Waals surface area contributed by atoms with E-state index < -0.39 is 12.0 Å². The third-order valence-corrected chi connectivity index (χ3v) is 2.85. The van der Waals surface area contributed by atoms with Gasteiger partial charge in [0.2, 0.25) is 0 Å². The van der Waals surface area contributed by atoms with Gasteiger partial charge in [-0.1, -0.05) is 54.6 Å². The summed E-state index contributed by atoms with van der Waals surface area (Å²) in [4.78, 5) is 14.9. The Morgan fingerprint density at radius 2 is 1.50 bits per heavy atom. The van der Waals surface area contributed by atoms with Gasteiger partial charge < -0.3 is 16.6 Å². The molecule has 0 saturated heterocycles. The smallest absolute Gasteiger partial charge is 0.333 e. The van der Waals surface area contributed by atoms with Crippen LogP contribution >= 0.6 is 0 Å². The Hall–Kier alpha value is -2.82. The fraction of sp³-hybridized carbons (Fsp3) is 0.0667. The van der Waals surface area contributed by atoms with E-state index in [1.54, 1.807) is 12.1 Å². The summed E-state index contributed by atoms with van der Waals surface area (Å²) in [7, 11) is 0. The number of carboxylic acids is 1. The molecule has 1 unspecified atom stereocenters. The van der Waals surface area contributed by atoms with Crippen molar-refractivity contribution in [2.75, 3.05) is 0 Å². The third kappa shape index (κ3) is 3.14. The number of carbonyl (C=O) groups is 1. The van der Waals surface area contributed by atoms with E-state index in [1.807, 2.05) is 42.5 Å². The van der Waals surface area contributed by atoms with Crippen molar-refractivity contribution >= 4 is 11.9 Å². The molecule has 102 valence electrons. The van der Waals surface area contributed by atoms with Crippen molar-refractivity contribution in [3.05, 3.63) is 60.2 Å². The highest BCUT2D eigenvalue weighted by Crippen LogP contribution is 2.23. The Labute approximate surface area is 116 Å². The van der Waals surface area contributed by atoms with E-state index in [0.29, 0.717) is 5.56 Å². The van der Waals surface area contributed by atoms with Gasteiger partial charge in [-0.05, 0) is 16.7 Å². The monoisotopic (exact) mass is 269 g/mol. The van der Waals surface area contributed by atoms with Gasteiger partial charge in [0, 0.05) is 0 Å². The third-order valence-electron chi connectivity index (χ3n) is 2.85. The molecule has 2 aromatic rings. The first-order valence-electron chi connectivity index (χ1n) is 6.05. The number of rotatable bonds is 4. The minimum absolute atomic E-state index is 0.246. The minimum atomic E-state index is -1.09. The summed E-state index contributed by atoms with van der Waals surface area (Å²) in [6, 6.07) is 15.9. The van der Waals surface area contributed by atoms with Gasteiger partial charge in [-0.15, -0.1) is 0 Å². The Morgan fingerprint density at radius 1 is 0.950 bits per heavy atom. The molecule has 1 atom stereocenters. The van der Waals surface area contributed by atoms with Gasteiger partial charge in [0.1, 0.15) is 0 Å². The van der Waals surface area contributed by atoms with Crippen molar-refractivity contribution in [3.8, 4) is 11.1 Å². The van der Waals surface area contributed by atoms with E-state index in [-0.39, 0.29) is 5.96 Å². The number of guanidine groups is 1. The zero-order valence-electron chi connectivity index (χ0n) is 10.7. The highest BCUT2D eigenvalue weighted by molar-refractivity contribution is 5.82. The maximum atomic E-state index is 11.2. The van der Waals surface area contributed by atoms with E-state index in [9.17, 15) is 4.79 Å². The van der Waals surface area contributed by atoms with Crippen LogP contribution in [0.25, 0.3) is 11.1 Å². The van der Waals surface area contributed by atoms with Gasteiger partial charge in [0.25, 0.3) is 0 Å². The lowest BCUT2D eigenvalue weighted by Crippen LogP contribution is -2.25. The number of aliphatic imine (C=N–C) groups is 1. The summed E-state index contributed by atoms with van der Waals surface area (Å²) in [6.45, 7) is 0. The number of nitrogens with two attached hydrogens (primary N) is 2. The number of hydrogen-bond donors (Lipinski definition) is 3. The maximum Gasteiger partial charge on any atom is 0.333 e. The molecule has 0 spiro atoms. The van der Waals surface area contributed by atoms with Crippen molar-refractivity contribution in [1.29, 1.82) is 0 Å². The van der Waals surface area contributed by atoms with Crippen LogP contribution in [0.5, 0.6) is 0 Å². The number of aliphatic carboxylic acids is 1. The lowest BCUT2D eigenvalue weighted by atomic mass is 10.0. The topological polar surface area (TPSA) is 102 Å². The fourth-order valence-electron chi connectivity index (χ4n) is 1.91. The maximum absolute atomic E-state index is 11.2. The molecule has 0 saturated carbocycles. The predicted octanol–water partition coefficient (Wildman–Crippen LogP) is 1.75. The highest BCUT2D eigenvalue weighted by atomic mass is 16.4. The normalized spacial score (nSPS) is 11.6. The first-order valence-corrected chi connectivity index (χ1v) is 6.05. The molecule has 20 heavy (non-hydrogen) atoms. The second-order valence-electron chi connectivity index (χ2n) is 4.28. The summed E-state index contributed by atoms with van der Waals surface area (Å²) in [5.74, 6) is -1.34. The average Bonchev–Trinajstić information content (AvgIpc) is 2.45. The van der Waals surface area contributed by atoms with E-state index >= 15 is 0 Å². The summed E-state index contributed by atoms with van der Waals surface area (Å²) in [5.41, 5.74) is 13.1. The molecular weight excluding hydrogens is 254 g/mol. The Balaban J connectivity index is 2.32. The molecule has 5 N–H and O–H groups in total. The number of nitrogens with zero attached hydrogens (tertiary/aromatic N) is 1. The minimum Gasteiger partial charge on any atom is -0.479 e. The van der Waals surface area contributed by atoms with Crippen molar-refractivity contribution in [2.24, 2.45) is 16.5 Å². The van der Waals surface area contributed by atoms with E-state index in [0.717, 1.165) is 11.1 Å². The van der Waals surface area contributed by atoms with Crippen molar-refractivity contribution in [1.82, 2.24) is 0 Å². The number of hydrogen-bond acceptors (Lipinski definition) is 2. The molecule has 0 aromatic heterocycles. The summed E-state index contributed by atoms with van der Waals surface area (Å²) in [6.07, 6.45) is 0. The molecule has 0 aliphatic heterocycles. The SMILES string of the molecule is NC(N)=NC(C(=O)O)c1ccc(-c2ccccc2)cc1. The number of carboxylic acid groups (broad SMARTS) is 1. The standard InChI is InChI=1S/C15H15N3O2/c16-15(17)18-13(14(19)20)12-8-6-11(7-9-12)10-4-2-1-3-5-10/h1-9,13H,(H,19,20)(H4,16,17,18). The second-order valence-corrected chi connectivity index (χ2v) is 4.28. The van der Waals surface area contributed by atoms with Gasteiger partial charge in [-0.3, -0.25) is 0 Å². The molecule has 0 radical (unpaired) electrons. The fourth-order valence-corrected chi connectivity index (χ4v) is 1.91. The van der Waals surface area contributed by atoms with Crippen molar-refractivity contribution in [2.45, 2.75) is 6.04 Å². The van der Waals surface area contributed by atoms with Gasteiger partial charge in [-0.25, -0.2) is 9.79 Å². The lowest BCUT2D eigenvalue weighted by molar-refractivity contribution is -0.138. The van der Waals surface area contributed by atoms with Crippen LogP contribution in [0.1, 0.15) is 11.6 Å². The lowest BCUT2D eigenvalue weighted by Gasteiger charge is -2.09. The molecule has 5 heteroatoms. The van der Waals surface area contributed by atoms with E-state index in [1.165, 1.54) is 0 Å². The largest absolute Gasteiger partial charge is 0.479 e. The summed E-state index contributed by atoms with van der Waals surface area (Å²) >= 11 is 0. The van der Waals surface area contributed by atoms with Crippen LogP contribution in [0, 0.1) is 0 Å². The van der Waals surface area contributed by atoms with E-state index in [2.05, 4.69) is 4.99 Å². The van der Waals surface area contributed by atoms with Gasteiger partial charge in [0.05, 0.1) is 0 Å². The molecule has 0 amide bonds. The van der Waals surface area contributed by atoms with Crippen LogP contribution < -0.4 is 11.5 Å². The number of benzene rings is 2. The molecule has 0 fully saturated rings. The molecule has 0 aliphatic carbocycles. The van der Waals surface area contributed by atoms with Crippen molar-refractivity contribution < 1.29 is 9.90 Å². The molecule has 0 heterocycles. The second kappa shape index (κ2) is 5.88. The molecule has 0 aliphatic rings. The molecule has 2 rings (SSSR count). The zero-order chi connectivity index (χ0) is 14.5. The van der Waals surface area contributed by atoms with E-state index in [4.69, 9.17) is 16.6 Å². The quantitative estimate of drug-likeness (QED) is 0.581. The summed E-state index contributed by atoms with van der Waals surface area (Å²) < 4.78 is 0. The van der Waals surface area contributed by atoms with Gasteiger partial charge in [0.15, 0.2) is 12.0 Å². The van der Waals surface area contributed by atoms with Crippen LogP contribution in [0.4, 0.5) is 0 Å². The molecule has 2 aromatic carbocycles. The molecular formula is C15H15N3O2. The van der Waals surface area contributed by atoms with Crippen LogP contribution in [0.2, 0.25) is 0 Å². The van der Waals surface area contributed by atoms with Gasteiger partial charge >= 0.3 is 5.97 Å². The van der Waals surface area contributed by atoms with Crippen LogP contribution in [-0.2, 0) is 4.79 Å². The highest BCUT2D eigenvalue weighted by Gasteiger charge is 2.18. The Bertz CT molecular complexity index is 617. The van der Waals surface area contributed by atoms with Gasteiger partial charge in [-0.2, -0.15) is 0 Å². The Morgan fingerprint density at radius 3 is 2.00 bits per heavy atom. The Kier molecular flexibility index (Phi) is 4.00. The zero-order valence-corrected chi connectivity index (χ0v) is 10.7.